The SMILES string of the molecule is CCC(C)CCSCCc1ccccc1. The molecule has 0 aromatic heterocycles. The lowest BCUT2D eigenvalue weighted by atomic mass is 10.1. The number of thioether (sulfide) groups is 1. The van der Waals surface area contributed by atoms with Gasteiger partial charge in [-0.15, -0.1) is 0 Å². The predicted octanol–water partition coefficient (Wildman–Crippen LogP) is 4.40. The van der Waals surface area contributed by atoms with E-state index in [1.165, 1.54) is 36.3 Å². The highest BCUT2D eigenvalue weighted by Gasteiger charge is 1.98. The molecule has 0 aliphatic heterocycles. The number of hydrogen-bond donors (Lipinski definition) is 0. The fraction of sp³-hybridized carbons (Fsp3) is 0.571. The van der Waals surface area contributed by atoms with Crippen LogP contribution in [0.2, 0.25) is 0 Å². The fourth-order valence-electron chi connectivity index (χ4n) is 1.43. The third kappa shape index (κ3) is 5.88. The zero-order valence-corrected chi connectivity index (χ0v) is 10.7. The highest BCUT2D eigenvalue weighted by Crippen LogP contribution is 2.13. The largest absolute Gasteiger partial charge is 0.162 e. The zero-order chi connectivity index (χ0) is 10.9. The Balaban J connectivity index is 2.03. The Morgan fingerprint density at radius 1 is 1.13 bits per heavy atom. The molecule has 1 unspecified atom stereocenters. The summed E-state index contributed by atoms with van der Waals surface area (Å²) in [5.41, 5.74) is 1.47. The molecule has 1 aromatic carbocycles. The van der Waals surface area contributed by atoms with Crippen molar-refractivity contribution < 1.29 is 0 Å². The summed E-state index contributed by atoms with van der Waals surface area (Å²) < 4.78 is 0. The maximum atomic E-state index is 2.34. The van der Waals surface area contributed by atoms with Crippen LogP contribution < -0.4 is 0 Å². The molecule has 84 valence electrons. The van der Waals surface area contributed by atoms with E-state index in [0.717, 1.165) is 5.92 Å². The average Bonchev–Trinajstić information content (AvgIpc) is 2.29. The summed E-state index contributed by atoms with van der Waals surface area (Å²) in [6.45, 7) is 4.62. The molecule has 1 atom stereocenters. The Labute approximate surface area is 98.5 Å². The van der Waals surface area contributed by atoms with Gasteiger partial charge in [-0.1, -0.05) is 50.6 Å². The zero-order valence-electron chi connectivity index (χ0n) is 9.91. The summed E-state index contributed by atoms with van der Waals surface area (Å²) in [4.78, 5) is 0. The number of aryl methyl sites for hydroxylation is 1. The molecule has 0 spiro atoms. The third-order valence-electron chi connectivity index (χ3n) is 2.83. The average molecular weight is 222 g/mol. The lowest BCUT2D eigenvalue weighted by molar-refractivity contribution is 0.549. The third-order valence-corrected chi connectivity index (χ3v) is 3.85. The van der Waals surface area contributed by atoms with Gasteiger partial charge in [0.05, 0.1) is 0 Å². The quantitative estimate of drug-likeness (QED) is 0.616. The Bertz CT molecular complexity index is 243. The van der Waals surface area contributed by atoms with Crippen LogP contribution >= 0.6 is 11.8 Å². The predicted molar refractivity (Wildman–Crippen MR) is 71.5 cm³/mol. The Morgan fingerprint density at radius 3 is 2.53 bits per heavy atom. The van der Waals surface area contributed by atoms with Crippen LogP contribution in [0.3, 0.4) is 0 Å². The maximum absolute atomic E-state index is 2.34. The summed E-state index contributed by atoms with van der Waals surface area (Å²) in [6.07, 6.45) is 3.90. The van der Waals surface area contributed by atoms with Crippen molar-refractivity contribution in [1.82, 2.24) is 0 Å². The summed E-state index contributed by atoms with van der Waals surface area (Å²) >= 11 is 2.09. The summed E-state index contributed by atoms with van der Waals surface area (Å²) in [5, 5.41) is 0. The lowest BCUT2D eigenvalue weighted by Gasteiger charge is -2.07. The minimum absolute atomic E-state index is 0.897. The monoisotopic (exact) mass is 222 g/mol. The summed E-state index contributed by atoms with van der Waals surface area (Å²) in [5.74, 6) is 3.48. The van der Waals surface area contributed by atoms with Crippen molar-refractivity contribution in [2.45, 2.75) is 33.1 Å². The molecule has 0 bridgehead atoms. The molecule has 0 aliphatic rings. The number of rotatable bonds is 7. The van der Waals surface area contributed by atoms with Crippen LogP contribution in [0.25, 0.3) is 0 Å². The van der Waals surface area contributed by atoms with Crippen molar-refractivity contribution in [3.05, 3.63) is 35.9 Å². The van der Waals surface area contributed by atoms with Crippen LogP contribution in [0.15, 0.2) is 30.3 Å². The molecular formula is C14H22S. The molecule has 0 aliphatic carbocycles. The first kappa shape index (κ1) is 12.6. The van der Waals surface area contributed by atoms with Gasteiger partial charge in [-0.3, -0.25) is 0 Å². The van der Waals surface area contributed by atoms with E-state index in [4.69, 9.17) is 0 Å². The Morgan fingerprint density at radius 2 is 1.87 bits per heavy atom. The van der Waals surface area contributed by atoms with Crippen molar-refractivity contribution in [1.29, 1.82) is 0 Å². The first-order valence-corrected chi connectivity index (χ1v) is 7.10. The molecule has 1 aromatic rings. The normalized spacial score (nSPS) is 12.7. The first-order valence-electron chi connectivity index (χ1n) is 5.94. The molecule has 0 fully saturated rings. The molecule has 0 saturated carbocycles. The van der Waals surface area contributed by atoms with Crippen LogP contribution in [-0.4, -0.2) is 11.5 Å². The van der Waals surface area contributed by atoms with E-state index in [9.17, 15) is 0 Å². The minimum Gasteiger partial charge on any atom is -0.162 e. The van der Waals surface area contributed by atoms with Gasteiger partial charge in [-0.2, -0.15) is 11.8 Å². The van der Waals surface area contributed by atoms with Crippen molar-refractivity contribution >= 4 is 11.8 Å². The molecule has 0 saturated heterocycles. The smallest absolute Gasteiger partial charge is 0.00270 e. The molecule has 0 radical (unpaired) electrons. The highest BCUT2D eigenvalue weighted by molar-refractivity contribution is 7.99. The van der Waals surface area contributed by atoms with Gasteiger partial charge in [0, 0.05) is 0 Å². The molecule has 1 rings (SSSR count). The van der Waals surface area contributed by atoms with Crippen LogP contribution in [0.1, 0.15) is 32.3 Å². The van der Waals surface area contributed by atoms with Gasteiger partial charge >= 0.3 is 0 Å². The van der Waals surface area contributed by atoms with Crippen molar-refractivity contribution in [3.8, 4) is 0 Å². The molecule has 0 heterocycles. The van der Waals surface area contributed by atoms with Crippen LogP contribution in [0, 0.1) is 5.92 Å². The number of benzene rings is 1. The Kier molecular flexibility index (Phi) is 6.58. The van der Waals surface area contributed by atoms with Gasteiger partial charge in [-0.05, 0) is 35.8 Å². The topological polar surface area (TPSA) is 0 Å². The molecule has 15 heavy (non-hydrogen) atoms. The van der Waals surface area contributed by atoms with E-state index >= 15 is 0 Å². The molecule has 0 amide bonds. The second kappa shape index (κ2) is 7.81. The molecule has 1 heteroatoms. The van der Waals surface area contributed by atoms with Crippen LogP contribution in [-0.2, 0) is 6.42 Å². The van der Waals surface area contributed by atoms with Crippen molar-refractivity contribution in [2.24, 2.45) is 5.92 Å². The molecule has 0 N–H and O–H groups in total. The Hall–Kier alpha value is -0.430. The maximum Gasteiger partial charge on any atom is -0.00270 e. The number of hydrogen-bond acceptors (Lipinski definition) is 1. The van der Waals surface area contributed by atoms with E-state index in [2.05, 4.69) is 55.9 Å². The van der Waals surface area contributed by atoms with Crippen LogP contribution in [0.5, 0.6) is 0 Å². The minimum atomic E-state index is 0.897. The standard InChI is InChI=1S/C14H22S/c1-3-13(2)9-11-15-12-10-14-7-5-4-6-8-14/h4-8,13H,3,9-12H2,1-2H3. The highest BCUT2D eigenvalue weighted by atomic mass is 32.2. The van der Waals surface area contributed by atoms with Gasteiger partial charge in [0.25, 0.3) is 0 Å². The second-order valence-corrected chi connectivity index (χ2v) is 5.37. The van der Waals surface area contributed by atoms with Crippen molar-refractivity contribution in [3.63, 3.8) is 0 Å². The van der Waals surface area contributed by atoms with Gasteiger partial charge in [0.1, 0.15) is 0 Å². The van der Waals surface area contributed by atoms with E-state index in [1.807, 2.05) is 0 Å². The van der Waals surface area contributed by atoms with Gasteiger partial charge < -0.3 is 0 Å². The van der Waals surface area contributed by atoms with Crippen LogP contribution in [0.4, 0.5) is 0 Å². The first-order chi connectivity index (χ1) is 7.33. The van der Waals surface area contributed by atoms with Gasteiger partial charge in [0.15, 0.2) is 0 Å². The lowest BCUT2D eigenvalue weighted by Crippen LogP contribution is -1.95. The molecule has 0 nitrogen and oxygen atoms in total. The second-order valence-electron chi connectivity index (χ2n) is 4.15. The summed E-state index contributed by atoms with van der Waals surface area (Å²) in [7, 11) is 0. The van der Waals surface area contributed by atoms with E-state index in [-0.39, 0.29) is 0 Å². The van der Waals surface area contributed by atoms with Gasteiger partial charge in [-0.25, -0.2) is 0 Å². The van der Waals surface area contributed by atoms with E-state index in [1.54, 1.807) is 0 Å². The van der Waals surface area contributed by atoms with E-state index in [0.29, 0.717) is 0 Å². The van der Waals surface area contributed by atoms with E-state index < -0.39 is 0 Å². The van der Waals surface area contributed by atoms with Gasteiger partial charge in [0.2, 0.25) is 0 Å². The molecular weight excluding hydrogens is 200 g/mol. The van der Waals surface area contributed by atoms with Crippen molar-refractivity contribution in [2.75, 3.05) is 11.5 Å². The summed E-state index contributed by atoms with van der Waals surface area (Å²) in [6, 6.07) is 10.8. The fourth-order valence-corrected chi connectivity index (χ4v) is 2.58.